The van der Waals surface area contributed by atoms with Crippen LogP contribution in [0.3, 0.4) is 0 Å². The third kappa shape index (κ3) is 3.41. The van der Waals surface area contributed by atoms with Gasteiger partial charge in [0.25, 0.3) is 0 Å². The van der Waals surface area contributed by atoms with E-state index in [1.165, 1.54) is 16.2 Å². The summed E-state index contributed by atoms with van der Waals surface area (Å²) in [6, 6.07) is 8.38. The van der Waals surface area contributed by atoms with Crippen molar-refractivity contribution < 1.29 is 0 Å². The van der Waals surface area contributed by atoms with E-state index in [1.54, 1.807) is 0 Å². The van der Waals surface area contributed by atoms with Gasteiger partial charge in [-0.15, -0.1) is 11.8 Å². The van der Waals surface area contributed by atoms with Gasteiger partial charge in [-0.1, -0.05) is 19.1 Å². The maximum atomic E-state index is 5.66. The Labute approximate surface area is 126 Å². The highest BCUT2D eigenvalue weighted by Crippen LogP contribution is 2.29. The molecule has 1 aromatic carbocycles. The fourth-order valence-electron chi connectivity index (χ4n) is 1.89. The van der Waals surface area contributed by atoms with Gasteiger partial charge in [-0.05, 0) is 40.0 Å². The smallest absolute Gasteiger partial charge is 0.0767 e. The second kappa shape index (κ2) is 6.59. The Kier molecular flexibility index (Phi) is 5.07. The summed E-state index contributed by atoms with van der Waals surface area (Å²) in [6.45, 7) is 2.71. The molecule has 0 saturated carbocycles. The maximum absolute atomic E-state index is 5.66. The number of nitrogens with two attached hydrogens (primary N) is 1. The molecule has 0 unspecified atom stereocenters. The van der Waals surface area contributed by atoms with Crippen LogP contribution in [0.15, 0.2) is 33.6 Å². The molecule has 0 atom stereocenters. The maximum Gasteiger partial charge on any atom is 0.0767 e. The molecule has 19 heavy (non-hydrogen) atoms. The van der Waals surface area contributed by atoms with E-state index < -0.39 is 0 Å². The molecule has 0 radical (unpaired) electrons. The third-order valence-corrected chi connectivity index (χ3v) is 4.93. The molecular formula is C14H18BrN3S. The summed E-state index contributed by atoms with van der Waals surface area (Å²) in [5, 5.41) is 4.51. The lowest BCUT2D eigenvalue weighted by atomic mass is 10.2. The minimum absolute atomic E-state index is 0.587. The molecule has 1 aromatic heterocycles. The summed E-state index contributed by atoms with van der Waals surface area (Å²) in [6.07, 6.45) is 0.946. The van der Waals surface area contributed by atoms with E-state index in [0.717, 1.165) is 22.3 Å². The number of aryl methyl sites for hydroxylation is 2. The summed E-state index contributed by atoms with van der Waals surface area (Å²) < 4.78 is 3.10. The number of benzene rings is 1. The van der Waals surface area contributed by atoms with Crippen LogP contribution >= 0.6 is 27.7 Å². The molecule has 0 aliphatic rings. The topological polar surface area (TPSA) is 43.8 Å². The van der Waals surface area contributed by atoms with E-state index in [-0.39, 0.29) is 0 Å². The standard InChI is InChI=1S/C14H18BrN3S/c1-3-12-14(15)13(18(2)17-12)9-19-11-6-4-5-10(7-11)8-16/h4-7H,3,8-9,16H2,1-2H3. The fraction of sp³-hybridized carbons (Fsp3) is 0.357. The van der Waals surface area contributed by atoms with E-state index in [9.17, 15) is 0 Å². The zero-order chi connectivity index (χ0) is 13.8. The minimum atomic E-state index is 0.587. The summed E-state index contributed by atoms with van der Waals surface area (Å²) in [5.74, 6) is 0.901. The number of nitrogens with zero attached hydrogens (tertiary/aromatic N) is 2. The predicted octanol–water partition coefficient (Wildman–Crippen LogP) is 3.50. The quantitative estimate of drug-likeness (QED) is 0.848. The zero-order valence-corrected chi connectivity index (χ0v) is 13.6. The lowest BCUT2D eigenvalue weighted by Gasteiger charge is -2.05. The monoisotopic (exact) mass is 339 g/mol. The van der Waals surface area contributed by atoms with Crippen molar-refractivity contribution in [2.45, 2.75) is 30.5 Å². The number of aromatic nitrogens is 2. The Morgan fingerprint density at radius 2 is 2.21 bits per heavy atom. The molecule has 0 amide bonds. The molecule has 3 nitrogen and oxygen atoms in total. The van der Waals surface area contributed by atoms with Crippen molar-refractivity contribution in [1.82, 2.24) is 9.78 Å². The van der Waals surface area contributed by atoms with Crippen molar-refractivity contribution in [2.24, 2.45) is 12.8 Å². The van der Waals surface area contributed by atoms with Crippen molar-refractivity contribution >= 4 is 27.7 Å². The van der Waals surface area contributed by atoms with Gasteiger partial charge in [0.1, 0.15) is 0 Å². The van der Waals surface area contributed by atoms with Gasteiger partial charge in [-0.2, -0.15) is 5.10 Å². The lowest BCUT2D eigenvalue weighted by Crippen LogP contribution is -1.97. The van der Waals surface area contributed by atoms with Crippen LogP contribution in [0.4, 0.5) is 0 Å². The number of thioether (sulfide) groups is 1. The summed E-state index contributed by atoms with van der Waals surface area (Å²) >= 11 is 5.46. The van der Waals surface area contributed by atoms with E-state index >= 15 is 0 Å². The Hall–Kier alpha value is -0.780. The molecule has 0 fully saturated rings. The predicted molar refractivity (Wildman–Crippen MR) is 84.2 cm³/mol. The van der Waals surface area contributed by atoms with E-state index in [4.69, 9.17) is 5.73 Å². The molecule has 0 aliphatic heterocycles. The van der Waals surface area contributed by atoms with Gasteiger partial charge in [0.15, 0.2) is 0 Å². The Morgan fingerprint density at radius 1 is 1.42 bits per heavy atom. The summed E-state index contributed by atoms with van der Waals surface area (Å²) in [4.78, 5) is 1.24. The Bertz CT molecular complexity index is 566. The van der Waals surface area contributed by atoms with Crippen LogP contribution in [0.5, 0.6) is 0 Å². The average molecular weight is 340 g/mol. The largest absolute Gasteiger partial charge is 0.326 e. The average Bonchev–Trinajstić information content (AvgIpc) is 2.71. The fourth-order valence-corrected chi connectivity index (χ4v) is 3.88. The van der Waals surface area contributed by atoms with Crippen LogP contribution in [0.25, 0.3) is 0 Å². The minimum Gasteiger partial charge on any atom is -0.326 e. The first kappa shape index (κ1) is 14.6. The van der Waals surface area contributed by atoms with Crippen LogP contribution in [-0.4, -0.2) is 9.78 Å². The zero-order valence-electron chi connectivity index (χ0n) is 11.2. The van der Waals surface area contributed by atoms with Crippen molar-refractivity contribution in [3.8, 4) is 0 Å². The van der Waals surface area contributed by atoms with Gasteiger partial charge in [0, 0.05) is 24.2 Å². The van der Waals surface area contributed by atoms with Crippen molar-refractivity contribution in [1.29, 1.82) is 0 Å². The first-order valence-electron chi connectivity index (χ1n) is 6.27. The molecule has 5 heteroatoms. The van der Waals surface area contributed by atoms with Crippen LogP contribution in [0, 0.1) is 0 Å². The van der Waals surface area contributed by atoms with Gasteiger partial charge in [0.05, 0.1) is 15.9 Å². The molecule has 0 saturated heterocycles. The van der Waals surface area contributed by atoms with Crippen molar-refractivity contribution in [2.75, 3.05) is 0 Å². The second-order valence-corrected chi connectivity index (χ2v) is 6.17. The van der Waals surface area contributed by atoms with E-state index in [2.05, 4.69) is 52.2 Å². The molecule has 2 aromatic rings. The van der Waals surface area contributed by atoms with Gasteiger partial charge in [0.2, 0.25) is 0 Å². The van der Waals surface area contributed by atoms with Gasteiger partial charge in [-0.25, -0.2) is 0 Å². The van der Waals surface area contributed by atoms with E-state index in [0.29, 0.717) is 6.54 Å². The second-order valence-electron chi connectivity index (χ2n) is 4.32. The molecule has 102 valence electrons. The SMILES string of the molecule is CCc1nn(C)c(CSc2cccc(CN)c2)c1Br. The molecule has 2 N–H and O–H groups in total. The van der Waals surface area contributed by atoms with Crippen molar-refractivity contribution in [3.63, 3.8) is 0 Å². The molecule has 0 bridgehead atoms. The molecule has 0 aliphatic carbocycles. The summed E-state index contributed by atoms with van der Waals surface area (Å²) in [7, 11) is 2.00. The Morgan fingerprint density at radius 3 is 2.84 bits per heavy atom. The van der Waals surface area contributed by atoms with Crippen LogP contribution in [0.1, 0.15) is 23.9 Å². The lowest BCUT2D eigenvalue weighted by molar-refractivity contribution is 0.719. The van der Waals surface area contributed by atoms with Crippen molar-refractivity contribution in [3.05, 3.63) is 45.7 Å². The first-order chi connectivity index (χ1) is 9.15. The van der Waals surface area contributed by atoms with Gasteiger partial charge < -0.3 is 5.73 Å². The first-order valence-corrected chi connectivity index (χ1v) is 8.05. The Balaban J connectivity index is 2.12. The number of halogens is 1. The normalized spacial score (nSPS) is 10.9. The highest BCUT2D eigenvalue weighted by molar-refractivity contribution is 9.10. The van der Waals surface area contributed by atoms with Gasteiger partial charge >= 0.3 is 0 Å². The summed E-state index contributed by atoms with van der Waals surface area (Å²) in [5.41, 5.74) is 9.18. The molecule has 0 spiro atoms. The van der Waals surface area contributed by atoms with Crippen LogP contribution < -0.4 is 5.73 Å². The molecule has 2 rings (SSSR count). The molecule has 1 heterocycles. The van der Waals surface area contributed by atoms with E-state index in [1.807, 2.05) is 23.5 Å². The number of rotatable bonds is 5. The van der Waals surface area contributed by atoms with Crippen LogP contribution in [-0.2, 0) is 25.8 Å². The highest BCUT2D eigenvalue weighted by atomic mass is 79.9. The molecular weight excluding hydrogens is 322 g/mol. The number of hydrogen-bond donors (Lipinski definition) is 1. The highest BCUT2D eigenvalue weighted by Gasteiger charge is 2.12. The van der Waals surface area contributed by atoms with Gasteiger partial charge in [-0.3, -0.25) is 4.68 Å². The van der Waals surface area contributed by atoms with Crippen LogP contribution in [0.2, 0.25) is 0 Å². The number of hydrogen-bond acceptors (Lipinski definition) is 3. The third-order valence-electron chi connectivity index (χ3n) is 3.01.